The minimum atomic E-state index is -0.725. The maximum atomic E-state index is 13.4. The number of hydrogen-bond donors (Lipinski definition) is 0. The fourth-order valence-electron chi connectivity index (χ4n) is 5.60. The zero-order valence-corrected chi connectivity index (χ0v) is 16.1. The molecule has 5 aliphatic rings. The summed E-state index contributed by atoms with van der Waals surface area (Å²) in [5.74, 6) is -0.332. The molecule has 2 saturated carbocycles. The summed E-state index contributed by atoms with van der Waals surface area (Å²) in [7, 11) is 0. The van der Waals surface area contributed by atoms with Crippen molar-refractivity contribution in [3.8, 4) is 11.3 Å². The Hall–Kier alpha value is -3.62. The Morgan fingerprint density at radius 1 is 1.10 bits per heavy atom. The van der Waals surface area contributed by atoms with E-state index < -0.39 is 16.4 Å². The van der Waals surface area contributed by atoms with Crippen LogP contribution >= 0.6 is 0 Å². The topological polar surface area (TPSA) is 106 Å². The number of carbonyl (C=O) groups excluding carboxylic acids is 2. The van der Waals surface area contributed by atoms with Crippen molar-refractivity contribution in [2.45, 2.75) is 6.42 Å². The first-order valence-electron chi connectivity index (χ1n) is 10.1. The standard InChI is InChI=1S/C22H16FN3O5/c23-10-1-3-14(17(7-10)26(29)30)18-6-2-11(31-18)9-24-25-21(27)19-12-4-5-13(16-8-15(12)16)20(19)22(25)28/h1-7,9,12-13,15-16,19-20H,8H2/b24-9-/t12-,13-,15-,16+,19+,20-/m1/s1. The predicted octanol–water partition coefficient (Wildman–Crippen LogP) is 3.38. The minimum Gasteiger partial charge on any atom is -0.455 e. The summed E-state index contributed by atoms with van der Waals surface area (Å²) in [6.07, 6.45) is 6.52. The van der Waals surface area contributed by atoms with Gasteiger partial charge in [0.15, 0.2) is 0 Å². The molecule has 2 amide bonds. The lowest BCUT2D eigenvalue weighted by Gasteiger charge is -2.37. The van der Waals surface area contributed by atoms with Crippen LogP contribution in [0.1, 0.15) is 12.2 Å². The number of hydrazone groups is 1. The van der Waals surface area contributed by atoms with Crippen LogP contribution in [0.25, 0.3) is 11.3 Å². The molecule has 0 radical (unpaired) electrons. The van der Waals surface area contributed by atoms with E-state index in [2.05, 4.69) is 17.3 Å². The van der Waals surface area contributed by atoms with E-state index >= 15 is 0 Å². The van der Waals surface area contributed by atoms with E-state index in [-0.39, 0.29) is 52.6 Å². The minimum absolute atomic E-state index is 0.117. The summed E-state index contributed by atoms with van der Waals surface area (Å²) in [5.41, 5.74) is -0.305. The highest BCUT2D eigenvalue weighted by Gasteiger charge is 2.67. The molecule has 1 aromatic heterocycles. The number of nitro benzene ring substituents is 1. The molecule has 156 valence electrons. The lowest BCUT2D eigenvalue weighted by Crippen LogP contribution is -2.40. The number of furan rings is 1. The van der Waals surface area contributed by atoms with Crippen molar-refractivity contribution in [1.29, 1.82) is 0 Å². The number of rotatable bonds is 4. The number of amides is 2. The van der Waals surface area contributed by atoms with Crippen LogP contribution in [0.3, 0.4) is 0 Å². The number of hydrogen-bond acceptors (Lipinski definition) is 6. The van der Waals surface area contributed by atoms with Gasteiger partial charge in [-0.15, -0.1) is 0 Å². The van der Waals surface area contributed by atoms with Crippen LogP contribution in [-0.4, -0.2) is 28.0 Å². The Morgan fingerprint density at radius 3 is 2.42 bits per heavy atom. The molecular weight excluding hydrogens is 405 g/mol. The fourth-order valence-corrected chi connectivity index (χ4v) is 5.60. The number of imide groups is 1. The number of allylic oxidation sites excluding steroid dienone is 2. The number of halogens is 1. The van der Waals surface area contributed by atoms with Crippen molar-refractivity contribution in [1.82, 2.24) is 5.01 Å². The molecule has 8 nitrogen and oxygen atoms in total. The van der Waals surface area contributed by atoms with Crippen molar-refractivity contribution in [2.24, 2.45) is 40.6 Å². The summed E-state index contributed by atoms with van der Waals surface area (Å²) in [5, 5.41) is 16.2. The quantitative estimate of drug-likeness (QED) is 0.247. The first-order valence-corrected chi connectivity index (χ1v) is 10.1. The van der Waals surface area contributed by atoms with E-state index in [0.29, 0.717) is 11.8 Å². The maximum absolute atomic E-state index is 13.4. The third-order valence-corrected chi connectivity index (χ3v) is 6.99. The second-order valence-corrected chi connectivity index (χ2v) is 8.51. The van der Waals surface area contributed by atoms with Gasteiger partial charge in [0.2, 0.25) is 0 Å². The fraction of sp³-hybridized carbons (Fsp3) is 0.318. The van der Waals surface area contributed by atoms with Gasteiger partial charge < -0.3 is 4.42 Å². The van der Waals surface area contributed by atoms with Crippen molar-refractivity contribution in [3.63, 3.8) is 0 Å². The molecule has 3 fully saturated rings. The summed E-state index contributed by atoms with van der Waals surface area (Å²) in [4.78, 5) is 36.4. The second kappa shape index (κ2) is 6.19. The maximum Gasteiger partial charge on any atom is 0.283 e. The highest BCUT2D eigenvalue weighted by molar-refractivity contribution is 6.06. The number of benzene rings is 1. The van der Waals surface area contributed by atoms with Gasteiger partial charge in [0, 0.05) is 0 Å². The molecule has 4 aliphatic carbocycles. The summed E-state index contributed by atoms with van der Waals surface area (Å²) in [6.45, 7) is 0. The number of nitrogens with zero attached hydrogens (tertiary/aromatic N) is 3. The van der Waals surface area contributed by atoms with Gasteiger partial charge >= 0.3 is 0 Å². The molecule has 1 aromatic carbocycles. The van der Waals surface area contributed by atoms with Crippen molar-refractivity contribution in [3.05, 3.63) is 64.2 Å². The van der Waals surface area contributed by atoms with E-state index in [1.807, 2.05) is 0 Å². The first-order chi connectivity index (χ1) is 14.9. The van der Waals surface area contributed by atoms with Crippen LogP contribution in [0.5, 0.6) is 0 Å². The molecule has 2 bridgehead atoms. The molecule has 6 atom stereocenters. The van der Waals surface area contributed by atoms with Gasteiger partial charge in [-0.1, -0.05) is 12.2 Å². The van der Waals surface area contributed by atoms with E-state index in [4.69, 9.17) is 4.42 Å². The van der Waals surface area contributed by atoms with Gasteiger partial charge in [-0.2, -0.15) is 10.1 Å². The van der Waals surface area contributed by atoms with Gasteiger partial charge in [0.05, 0.1) is 34.6 Å². The molecule has 2 aromatic rings. The molecule has 0 spiro atoms. The average Bonchev–Trinajstić information content (AvgIpc) is 3.39. The number of carbonyl (C=O) groups is 2. The van der Waals surface area contributed by atoms with Crippen molar-refractivity contribution in [2.75, 3.05) is 0 Å². The van der Waals surface area contributed by atoms with Gasteiger partial charge in [0.25, 0.3) is 17.5 Å². The molecule has 9 heteroatoms. The smallest absolute Gasteiger partial charge is 0.283 e. The Balaban J connectivity index is 1.26. The summed E-state index contributed by atoms with van der Waals surface area (Å²) >= 11 is 0. The van der Waals surface area contributed by atoms with Crippen LogP contribution in [0, 0.1) is 51.4 Å². The van der Waals surface area contributed by atoms with Gasteiger partial charge in [-0.3, -0.25) is 19.7 Å². The molecule has 7 rings (SSSR count). The molecular formula is C22H16FN3O5. The Labute approximate surface area is 175 Å². The van der Waals surface area contributed by atoms with E-state index in [9.17, 15) is 24.1 Å². The molecule has 0 N–H and O–H groups in total. The lowest BCUT2D eigenvalue weighted by atomic mass is 9.63. The molecule has 0 unspecified atom stereocenters. The van der Waals surface area contributed by atoms with Gasteiger partial charge in [-0.25, -0.2) is 4.39 Å². The Bertz CT molecular complexity index is 1180. The van der Waals surface area contributed by atoms with Gasteiger partial charge in [0.1, 0.15) is 17.3 Å². The largest absolute Gasteiger partial charge is 0.455 e. The summed E-state index contributed by atoms with van der Waals surface area (Å²) < 4.78 is 19.0. The highest BCUT2D eigenvalue weighted by Crippen LogP contribution is 2.65. The highest BCUT2D eigenvalue weighted by atomic mass is 19.1. The van der Waals surface area contributed by atoms with Crippen LogP contribution < -0.4 is 0 Å². The van der Waals surface area contributed by atoms with E-state index in [1.165, 1.54) is 24.4 Å². The second-order valence-electron chi connectivity index (χ2n) is 8.51. The zero-order chi connectivity index (χ0) is 21.4. The van der Waals surface area contributed by atoms with Crippen LogP contribution in [0.15, 0.2) is 52.0 Å². The van der Waals surface area contributed by atoms with E-state index in [0.717, 1.165) is 23.6 Å². The molecule has 1 saturated heterocycles. The van der Waals surface area contributed by atoms with Gasteiger partial charge in [-0.05, 0) is 54.4 Å². The van der Waals surface area contributed by atoms with Crippen LogP contribution in [-0.2, 0) is 9.59 Å². The normalized spacial score (nSPS) is 32.6. The molecule has 31 heavy (non-hydrogen) atoms. The monoisotopic (exact) mass is 421 g/mol. The lowest BCUT2D eigenvalue weighted by molar-refractivity contribution is -0.384. The first kappa shape index (κ1) is 18.2. The SMILES string of the molecule is O=C1[C@@H]2[C@@H]3C=C[C@H]([C@H]4C[C@@H]34)[C@@H]2C(=O)N1/N=C\c1ccc(-c2ccc(F)cc2[N+](=O)[O-])o1. The third-order valence-electron chi connectivity index (χ3n) is 6.99. The van der Waals surface area contributed by atoms with Crippen molar-refractivity contribution >= 4 is 23.7 Å². The predicted molar refractivity (Wildman–Crippen MR) is 105 cm³/mol. The van der Waals surface area contributed by atoms with Crippen LogP contribution in [0.2, 0.25) is 0 Å². The van der Waals surface area contributed by atoms with Crippen LogP contribution in [0.4, 0.5) is 10.1 Å². The zero-order valence-electron chi connectivity index (χ0n) is 16.1. The van der Waals surface area contributed by atoms with Crippen molar-refractivity contribution < 1.29 is 23.3 Å². The molecule has 1 aliphatic heterocycles. The average molecular weight is 421 g/mol. The summed E-state index contributed by atoms with van der Waals surface area (Å²) in [6, 6.07) is 6.20. The third kappa shape index (κ3) is 2.55. The number of nitro groups is 1. The molecule has 2 heterocycles. The Morgan fingerprint density at radius 2 is 1.77 bits per heavy atom. The Kier molecular flexibility index (Phi) is 3.63. The van der Waals surface area contributed by atoms with E-state index in [1.54, 1.807) is 0 Å².